The van der Waals surface area contributed by atoms with E-state index in [-0.39, 0.29) is 72.4 Å². The van der Waals surface area contributed by atoms with E-state index in [1.54, 1.807) is 26.4 Å². The van der Waals surface area contributed by atoms with Crippen LogP contribution in [0.3, 0.4) is 0 Å². The molecule has 16 nitrogen and oxygen atoms in total. The van der Waals surface area contributed by atoms with E-state index in [1.165, 1.54) is 137 Å². The standard InChI is InChI=1S/C35H49BrN4O5.C31H47BrN2O5/c1-4-5-6-7-8-9-10-11-12-17-39-22-25-19-30(44-3)33(36)34-32(25)35(21-29(39)23-41)24(2)18-27(20-31(35)45-34)38-37-26-13-15-28(16-14-26)40(42)43;1-4-5-6-7-8-9-10-11-12-13-34-19-22-15-25(38-3)29(32)30-28(22)31(17-24(34)20-35)21(2)14-23(16-26(31)39-30)33-18-27(36)37/h13-16,19,24,29,31,37,41H,4-12,17-18,20-23H2,1-3H3;15,21,24,26,35H,4-14,16-20H2,1-3H3,(H,36,37)/t24-,29+,31-,35+;21-,24+,26-,31+/m11/s1. The maximum Gasteiger partial charge on any atom is 0.325 e. The number of aliphatic hydroxyl groups excluding tert-OH is 2. The summed E-state index contributed by atoms with van der Waals surface area (Å²) in [6, 6.07) is 10.7. The number of aliphatic carboxylic acids is 1. The maximum absolute atomic E-state index is 11.2. The lowest BCUT2D eigenvalue weighted by atomic mass is 9.59. The molecule has 0 unspecified atom stereocenters. The van der Waals surface area contributed by atoms with Gasteiger partial charge in [-0.15, -0.1) is 0 Å². The van der Waals surface area contributed by atoms with Crippen molar-refractivity contribution in [2.24, 2.45) is 21.9 Å². The molecular weight excluding hydrogens is 1200 g/mol. The number of carboxylic acid groups (broad SMARTS) is 1. The van der Waals surface area contributed by atoms with Crippen LogP contribution < -0.4 is 24.4 Å². The summed E-state index contributed by atoms with van der Waals surface area (Å²) in [6.45, 7) is 12.5. The fraction of sp³-hybridized carbons (Fsp3) is 0.682. The van der Waals surface area contributed by atoms with Crippen molar-refractivity contribution in [3.63, 3.8) is 0 Å². The molecule has 3 aromatic carbocycles. The molecule has 0 saturated heterocycles. The number of unbranched alkanes of at least 4 members (excludes halogenated alkanes) is 16. The maximum atomic E-state index is 11.2. The topological polar surface area (TPSA) is 201 Å². The molecule has 0 amide bonds. The fourth-order valence-corrected chi connectivity index (χ4v) is 16.2. The summed E-state index contributed by atoms with van der Waals surface area (Å²) >= 11 is 7.57. The molecule has 4 aliphatic heterocycles. The molecule has 0 bridgehead atoms. The van der Waals surface area contributed by atoms with Crippen LogP contribution in [0.15, 0.2) is 55.4 Å². The number of non-ortho nitro benzene ring substituents is 1. The van der Waals surface area contributed by atoms with Gasteiger partial charge in [0.2, 0.25) is 0 Å². The van der Waals surface area contributed by atoms with Gasteiger partial charge in [0, 0.05) is 83.5 Å². The number of nitro groups is 1. The highest BCUT2D eigenvalue weighted by Crippen LogP contribution is 2.63. The van der Waals surface area contributed by atoms with Crippen molar-refractivity contribution in [2.45, 2.75) is 230 Å². The van der Waals surface area contributed by atoms with Crippen LogP contribution >= 0.6 is 31.9 Å². The second kappa shape index (κ2) is 31.0. The van der Waals surface area contributed by atoms with Crippen molar-refractivity contribution in [1.29, 1.82) is 0 Å². The third-order valence-electron chi connectivity index (χ3n) is 19.6. The summed E-state index contributed by atoms with van der Waals surface area (Å²) < 4.78 is 26.7. The number of anilines is 1. The third-order valence-corrected chi connectivity index (χ3v) is 21.1. The highest BCUT2D eigenvalue weighted by molar-refractivity contribution is 9.11. The summed E-state index contributed by atoms with van der Waals surface area (Å²) in [5.41, 5.74) is 10.2. The number of benzene rings is 3. The van der Waals surface area contributed by atoms with Gasteiger partial charge in [-0.05, 0) is 131 Å². The minimum atomic E-state index is -0.914. The minimum absolute atomic E-state index is 0.0347. The number of rotatable bonds is 29. The zero-order chi connectivity index (χ0) is 60.0. The molecular formula is C66H96Br2N6O10. The van der Waals surface area contributed by atoms with Crippen LogP contribution in [-0.4, -0.2) is 119 Å². The van der Waals surface area contributed by atoms with Gasteiger partial charge in [-0.3, -0.25) is 35.1 Å². The Hall–Kier alpha value is -4.33. The number of methoxy groups -OCH3 is 2. The molecule has 2 aliphatic carbocycles. The first kappa shape index (κ1) is 65.6. The van der Waals surface area contributed by atoms with Gasteiger partial charge in [0.1, 0.15) is 50.7 Å². The van der Waals surface area contributed by atoms with Gasteiger partial charge >= 0.3 is 5.97 Å². The first-order valence-corrected chi connectivity index (χ1v) is 33.4. The lowest BCUT2D eigenvalue weighted by molar-refractivity contribution is -0.384. The molecule has 2 fully saturated rings. The Bertz CT molecular complexity index is 2750. The molecule has 0 aromatic heterocycles. The van der Waals surface area contributed by atoms with Crippen LogP contribution in [0.1, 0.15) is 204 Å². The number of halogens is 2. The summed E-state index contributed by atoms with van der Waals surface area (Å²) in [5, 5.41) is 46.4. The van der Waals surface area contributed by atoms with Crippen LogP contribution in [-0.2, 0) is 28.7 Å². The number of ether oxygens (including phenoxy) is 4. The number of carbonyl (C=O) groups is 1. The molecule has 0 radical (unpaired) electrons. The van der Waals surface area contributed by atoms with Gasteiger partial charge in [0.15, 0.2) is 0 Å². The van der Waals surface area contributed by atoms with E-state index in [0.717, 1.165) is 108 Å². The molecule has 18 heteroatoms. The molecule has 9 rings (SSSR count). The number of aliphatic hydroxyl groups is 2. The second-order valence-electron chi connectivity index (χ2n) is 25.0. The third kappa shape index (κ3) is 14.8. The van der Waals surface area contributed by atoms with Gasteiger partial charge in [-0.25, -0.2) is 0 Å². The second-order valence-corrected chi connectivity index (χ2v) is 26.6. The molecule has 84 heavy (non-hydrogen) atoms. The van der Waals surface area contributed by atoms with Crippen molar-refractivity contribution in [3.05, 3.63) is 77.7 Å². The van der Waals surface area contributed by atoms with E-state index < -0.39 is 10.9 Å². The lowest BCUT2D eigenvalue weighted by Gasteiger charge is -2.45. The van der Waals surface area contributed by atoms with E-state index in [0.29, 0.717) is 18.5 Å². The van der Waals surface area contributed by atoms with Crippen LogP contribution in [0.2, 0.25) is 0 Å². The number of hydrazone groups is 1. The molecule has 3 aromatic rings. The van der Waals surface area contributed by atoms with E-state index in [9.17, 15) is 30.2 Å². The molecule has 2 saturated carbocycles. The quantitative estimate of drug-likeness (QED) is 0.0291. The molecule has 8 atom stereocenters. The molecule has 4 N–H and O–H groups in total. The van der Waals surface area contributed by atoms with Gasteiger partial charge in [0.25, 0.3) is 5.69 Å². The summed E-state index contributed by atoms with van der Waals surface area (Å²) in [7, 11) is 3.38. The summed E-state index contributed by atoms with van der Waals surface area (Å²) in [5.74, 6) is 2.75. The van der Waals surface area contributed by atoms with Crippen LogP contribution in [0, 0.1) is 22.0 Å². The van der Waals surface area contributed by atoms with Crippen molar-refractivity contribution in [2.75, 3.05) is 52.5 Å². The van der Waals surface area contributed by atoms with Crippen molar-refractivity contribution in [3.8, 4) is 23.0 Å². The average Bonchev–Trinajstić information content (AvgIpc) is 1.57. The highest BCUT2D eigenvalue weighted by atomic mass is 79.9. The number of nitrogens with zero attached hydrogens (tertiary/aromatic N) is 5. The van der Waals surface area contributed by atoms with Gasteiger partial charge in [-0.1, -0.05) is 130 Å². The molecule has 464 valence electrons. The minimum Gasteiger partial charge on any atom is -0.495 e. The normalized spacial score (nSPS) is 25.9. The van der Waals surface area contributed by atoms with E-state index in [2.05, 4.69) is 91.9 Å². The Labute approximate surface area is 516 Å². The Morgan fingerprint density at radius 1 is 0.679 bits per heavy atom. The number of carboxylic acids is 1. The first-order chi connectivity index (χ1) is 40.7. The zero-order valence-electron chi connectivity index (χ0n) is 51.0. The molecule has 4 heterocycles. The SMILES string of the molecule is CCCCCCCCCCCN1Cc2cc(OC)c(Br)c3c2[C@@]2(C[C@H]1CO)[C@H](C)CC(=NCC(=O)O)C[C@H]2O3.CCCCCCCCCCCN1Cc2cc(OC)c(Br)c3c2[C@@]2(C[C@H]1CO)[C@H](C)CC(=NNc1ccc([N+](=O)[O-])cc1)C[C@H]2O3. The smallest absolute Gasteiger partial charge is 0.325 e. The van der Waals surface area contributed by atoms with Gasteiger partial charge in [-0.2, -0.15) is 5.10 Å². The molecule has 6 aliphatic rings. The van der Waals surface area contributed by atoms with E-state index in [1.807, 2.05) is 0 Å². The van der Waals surface area contributed by atoms with Gasteiger partial charge in [0.05, 0.1) is 38.0 Å². The van der Waals surface area contributed by atoms with Crippen LogP contribution in [0.5, 0.6) is 23.0 Å². The predicted molar refractivity (Wildman–Crippen MR) is 341 cm³/mol. The van der Waals surface area contributed by atoms with Crippen LogP contribution in [0.4, 0.5) is 11.4 Å². The van der Waals surface area contributed by atoms with Crippen LogP contribution in [0.25, 0.3) is 0 Å². The zero-order valence-corrected chi connectivity index (χ0v) is 54.2. The van der Waals surface area contributed by atoms with E-state index in [4.69, 9.17) is 24.0 Å². The number of hydrogen-bond donors (Lipinski definition) is 4. The summed E-state index contributed by atoms with van der Waals surface area (Å²) in [4.78, 5) is 31.2. The number of hydrogen-bond acceptors (Lipinski definition) is 14. The largest absolute Gasteiger partial charge is 0.495 e. The van der Waals surface area contributed by atoms with E-state index >= 15 is 0 Å². The fourth-order valence-electron chi connectivity index (χ4n) is 15.1. The first-order valence-electron chi connectivity index (χ1n) is 31.8. The predicted octanol–water partition coefficient (Wildman–Crippen LogP) is 14.9. The Kier molecular flexibility index (Phi) is 24.2. The van der Waals surface area contributed by atoms with Crippen molar-refractivity contribution < 1.29 is 44.0 Å². The Morgan fingerprint density at radius 2 is 1.10 bits per heavy atom. The van der Waals surface area contributed by atoms with Crippen molar-refractivity contribution >= 4 is 60.6 Å². The lowest BCUT2D eigenvalue weighted by Crippen LogP contribution is -2.52. The number of nitro benzene ring substituents is 1. The highest BCUT2D eigenvalue weighted by Gasteiger charge is 2.61. The van der Waals surface area contributed by atoms with Gasteiger partial charge < -0.3 is 34.3 Å². The average molecular weight is 1290 g/mol. The Balaban J connectivity index is 0.000000221. The molecule has 2 spiro atoms. The summed E-state index contributed by atoms with van der Waals surface area (Å²) in [6.07, 6.45) is 27.5. The van der Waals surface area contributed by atoms with Crippen molar-refractivity contribution in [1.82, 2.24) is 9.80 Å². The monoisotopic (exact) mass is 1290 g/mol. The number of nitrogens with one attached hydrogen (secondary N) is 1. The Morgan fingerprint density at radius 3 is 1.50 bits per heavy atom. The number of aliphatic imine (C=N–C) groups is 1.